The molecule has 1 aromatic carbocycles. The van der Waals surface area contributed by atoms with Crippen LogP contribution in [-0.2, 0) is 4.74 Å². The molecular weight excluding hydrogens is 249 g/mol. The molecule has 6 heteroatoms. The summed E-state index contributed by atoms with van der Waals surface area (Å²) < 4.78 is 19.4. The lowest BCUT2D eigenvalue weighted by Gasteiger charge is -2.37. The molecule has 104 valence electrons. The summed E-state index contributed by atoms with van der Waals surface area (Å²) >= 11 is 0. The van der Waals surface area contributed by atoms with Crippen LogP contribution in [-0.4, -0.2) is 36.8 Å². The molecule has 1 heterocycles. The van der Waals surface area contributed by atoms with E-state index in [9.17, 15) is 4.39 Å². The van der Waals surface area contributed by atoms with Gasteiger partial charge in [-0.1, -0.05) is 18.1 Å². The zero-order valence-corrected chi connectivity index (χ0v) is 10.8. The molecule has 1 aliphatic heterocycles. The Bertz CT molecular complexity index is 479. The van der Waals surface area contributed by atoms with E-state index >= 15 is 0 Å². The van der Waals surface area contributed by atoms with E-state index in [0.717, 1.165) is 6.42 Å². The first-order chi connectivity index (χ1) is 9.19. The number of hydrogen-bond acceptors (Lipinski definition) is 4. The Kier molecular flexibility index (Phi) is 4.21. The minimum Gasteiger partial charge on any atom is -0.409 e. The molecule has 0 amide bonds. The minimum absolute atomic E-state index is 0.144. The number of nitrogens with two attached hydrogens (primary N) is 1. The Hall–Kier alpha value is -1.82. The van der Waals surface area contributed by atoms with Gasteiger partial charge in [0.1, 0.15) is 5.82 Å². The number of hydrogen-bond donors (Lipinski definition) is 2. The van der Waals surface area contributed by atoms with Gasteiger partial charge in [0, 0.05) is 6.54 Å². The van der Waals surface area contributed by atoms with Gasteiger partial charge in [0.25, 0.3) is 0 Å². The quantitative estimate of drug-likeness (QED) is 0.377. The summed E-state index contributed by atoms with van der Waals surface area (Å²) in [4.78, 5) is 2.06. The Balaban J connectivity index is 2.46. The summed E-state index contributed by atoms with van der Waals surface area (Å²) in [7, 11) is 0. The number of amidine groups is 1. The van der Waals surface area contributed by atoms with Crippen molar-refractivity contribution in [3.05, 3.63) is 29.6 Å². The molecule has 0 bridgehead atoms. The fraction of sp³-hybridized carbons (Fsp3) is 0.462. The predicted molar refractivity (Wildman–Crippen MR) is 71.2 cm³/mol. The number of halogens is 1. The third kappa shape index (κ3) is 2.63. The molecule has 2 rings (SSSR count). The summed E-state index contributed by atoms with van der Waals surface area (Å²) in [5.41, 5.74) is 6.38. The highest BCUT2D eigenvalue weighted by molar-refractivity contribution is 6.02. The largest absolute Gasteiger partial charge is 0.409 e. The molecule has 1 unspecified atom stereocenters. The number of anilines is 1. The van der Waals surface area contributed by atoms with Crippen LogP contribution in [0, 0.1) is 5.82 Å². The van der Waals surface area contributed by atoms with E-state index < -0.39 is 5.82 Å². The number of nitrogens with zero attached hydrogens (tertiary/aromatic N) is 2. The average Bonchev–Trinajstić information content (AvgIpc) is 2.46. The normalized spacial score (nSPS) is 20.6. The third-order valence-corrected chi connectivity index (χ3v) is 3.36. The van der Waals surface area contributed by atoms with Crippen molar-refractivity contribution in [3.8, 4) is 0 Å². The van der Waals surface area contributed by atoms with E-state index in [1.165, 1.54) is 6.07 Å². The third-order valence-electron chi connectivity index (χ3n) is 3.36. The van der Waals surface area contributed by atoms with Gasteiger partial charge in [-0.05, 0) is 18.6 Å². The molecule has 1 fully saturated rings. The van der Waals surface area contributed by atoms with E-state index in [2.05, 4.69) is 17.0 Å². The minimum atomic E-state index is -0.492. The van der Waals surface area contributed by atoms with Crippen LogP contribution in [0.4, 0.5) is 10.1 Å². The summed E-state index contributed by atoms with van der Waals surface area (Å²) in [6, 6.07) is 4.88. The number of oxime groups is 1. The maximum atomic E-state index is 13.9. The maximum absolute atomic E-state index is 13.9. The number of benzene rings is 1. The van der Waals surface area contributed by atoms with Crippen LogP contribution in [0.5, 0.6) is 0 Å². The summed E-state index contributed by atoms with van der Waals surface area (Å²) in [6.45, 7) is 3.90. The topological polar surface area (TPSA) is 71.1 Å². The second-order valence-corrected chi connectivity index (χ2v) is 4.45. The van der Waals surface area contributed by atoms with E-state index in [1.54, 1.807) is 12.1 Å². The van der Waals surface area contributed by atoms with Crippen LogP contribution >= 0.6 is 0 Å². The molecule has 0 aromatic heterocycles. The molecule has 1 aromatic rings. The smallest absolute Gasteiger partial charge is 0.175 e. The molecular formula is C13H18FN3O2. The van der Waals surface area contributed by atoms with Crippen molar-refractivity contribution >= 4 is 11.5 Å². The van der Waals surface area contributed by atoms with Crippen molar-refractivity contribution in [3.63, 3.8) is 0 Å². The molecule has 1 saturated heterocycles. The highest BCUT2D eigenvalue weighted by Crippen LogP contribution is 2.27. The zero-order valence-electron chi connectivity index (χ0n) is 10.8. The molecule has 3 N–H and O–H groups in total. The van der Waals surface area contributed by atoms with E-state index in [4.69, 9.17) is 15.7 Å². The molecule has 5 nitrogen and oxygen atoms in total. The van der Waals surface area contributed by atoms with Gasteiger partial charge in [0.15, 0.2) is 5.84 Å². The second kappa shape index (κ2) is 5.88. The van der Waals surface area contributed by atoms with Crippen molar-refractivity contribution < 1.29 is 14.3 Å². The Morgan fingerprint density at radius 1 is 1.63 bits per heavy atom. The predicted octanol–water partition coefficient (Wildman–Crippen LogP) is 1.54. The number of rotatable bonds is 3. The lowest BCUT2D eigenvalue weighted by molar-refractivity contribution is 0.0929. The molecule has 1 atom stereocenters. The molecule has 0 saturated carbocycles. The maximum Gasteiger partial charge on any atom is 0.175 e. The van der Waals surface area contributed by atoms with Crippen molar-refractivity contribution in [1.29, 1.82) is 0 Å². The lowest BCUT2D eigenvalue weighted by Crippen LogP contribution is -2.46. The van der Waals surface area contributed by atoms with E-state index in [1.807, 2.05) is 0 Å². The highest BCUT2D eigenvalue weighted by Gasteiger charge is 2.26. The SMILES string of the molecule is CCC1COCCN1c1cccc(F)c1C(N)=NO. The first-order valence-electron chi connectivity index (χ1n) is 6.29. The Morgan fingerprint density at radius 2 is 2.42 bits per heavy atom. The van der Waals surface area contributed by atoms with Crippen LogP contribution in [0.2, 0.25) is 0 Å². The monoisotopic (exact) mass is 267 g/mol. The van der Waals surface area contributed by atoms with Crippen LogP contribution in [0.3, 0.4) is 0 Å². The fourth-order valence-electron chi connectivity index (χ4n) is 2.37. The van der Waals surface area contributed by atoms with Crippen molar-refractivity contribution in [2.75, 3.05) is 24.7 Å². The first-order valence-corrected chi connectivity index (χ1v) is 6.29. The molecule has 1 aliphatic rings. The van der Waals surface area contributed by atoms with Gasteiger partial charge in [0.2, 0.25) is 0 Å². The highest BCUT2D eigenvalue weighted by atomic mass is 19.1. The zero-order chi connectivity index (χ0) is 13.8. The summed E-state index contributed by atoms with van der Waals surface area (Å²) in [6.07, 6.45) is 0.881. The fourth-order valence-corrected chi connectivity index (χ4v) is 2.37. The van der Waals surface area contributed by atoms with Gasteiger partial charge in [-0.15, -0.1) is 0 Å². The van der Waals surface area contributed by atoms with Gasteiger partial charge in [0.05, 0.1) is 30.5 Å². The Morgan fingerprint density at radius 3 is 3.11 bits per heavy atom. The van der Waals surface area contributed by atoms with Gasteiger partial charge < -0.3 is 20.6 Å². The van der Waals surface area contributed by atoms with Crippen LogP contribution in [0.15, 0.2) is 23.4 Å². The summed E-state index contributed by atoms with van der Waals surface area (Å²) in [5.74, 6) is -0.705. The molecule has 0 spiro atoms. The van der Waals surface area contributed by atoms with Gasteiger partial charge >= 0.3 is 0 Å². The van der Waals surface area contributed by atoms with Crippen LogP contribution in [0.25, 0.3) is 0 Å². The van der Waals surface area contributed by atoms with Crippen molar-refractivity contribution in [2.45, 2.75) is 19.4 Å². The number of morpholine rings is 1. The average molecular weight is 267 g/mol. The van der Waals surface area contributed by atoms with Gasteiger partial charge in [-0.2, -0.15) is 0 Å². The van der Waals surface area contributed by atoms with Crippen molar-refractivity contribution in [2.24, 2.45) is 10.9 Å². The first kappa shape index (κ1) is 13.6. The second-order valence-electron chi connectivity index (χ2n) is 4.45. The molecule has 0 aliphatic carbocycles. The van der Waals surface area contributed by atoms with E-state index in [-0.39, 0.29) is 17.4 Å². The molecule has 19 heavy (non-hydrogen) atoms. The van der Waals surface area contributed by atoms with Gasteiger partial charge in [-0.3, -0.25) is 0 Å². The van der Waals surface area contributed by atoms with Crippen molar-refractivity contribution in [1.82, 2.24) is 0 Å². The number of ether oxygens (including phenoxy) is 1. The van der Waals surface area contributed by atoms with Gasteiger partial charge in [-0.25, -0.2) is 4.39 Å². The van der Waals surface area contributed by atoms with Crippen LogP contribution in [0.1, 0.15) is 18.9 Å². The summed E-state index contributed by atoms with van der Waals surface area (Å²) in [5, 5.41) is 11.7. The van der Waals surface area contributed by atoms with E-state index in [0.29, 0.717) is 25.4 Å². The lowest BCUT2D eigenvalue weighted by atomic mass is 10.1. The Labute approximate surface area is 111 Å². The standard InChI is InChI=1S/C13H18FN3O2/c1-2-9-8-19-7-6-17(9)11-5-3-4-10(14)12(11)13(15)16-18/h3-5,9,18H,2,6-8H2,1H3,(H2,15,16). The van der Waals surface area contributed by atoms with Crippen LogP contribution < -0.4 is 10.6 Å². The molecule has 0 radical (unpaired) electrons.